The third kappa shape index (κ3) is 1.92. The van der Waals surface area contributed by atoms with Crippen LogP contribution in [0.4, 0.5) is 4.79 Å². The van der Waals surface area contributed by atoms with Crippen LogP contribution < -0.4 is 0 Å². The van der Waals surface area contributed by atoms with Gasteiger partial charge < -0.3 is 9.47 Å². The minimum atomic E-state index is -0.541. The molecule has 1 fully saturated rings. The highest BCUT2D eigenvalue weighted by Gasteiger charge is 2.50. The number of hydrogen-bond donors (Lipinski definition) is 0. The molecule has 0 saturated carbocycles. The molecule has 3 nitrogen and oxygen atoms in total. The van der Waals surface area contributed by atoms with E-state index in [1.165, 1.54) is 14.7 Å². The average Bonchev–Trinajstić information content (AvgIpc) is 2.63. The van der Waals surface area contributed by atoms with Gasteiger partial charge >= 0.3 is 6.16 Å². The number of fused-ring (bicyclic) bond motifs is 1. The number of ether oxygens (including phenoxy) is 2. The van der Waals surface area contributed by atoms with Crippen LogP contribution in [0.5, 0.6) is 0 Å². The molecule has 4 heteroatoms. The monoisotopic (exact) mass is 356 g/mol. The number of hydrogen-bond acceptors (Lipinski definition) is 3. The van der Waals surface area contributed by atoms with Crippen molar-refractivity contribution < 1.29 is 14.3 Å². The van der Waals surface area contributed by atoms with Gasteiger partial charge in [0.2, 0.25) is 0 Å². The van der Waals surface area contributed by atoms with Gasteiger partial charge in [-0.1, -0.05) is 30.3 Å². The fraction of sp³-hybridized carbons (Fsp3) is 0.357. The van der Waals surface area contributed by atoms with Crippen LogP contribution in [0.1, 0.15) is 25.3 Å². The summed E-state index contributed by atoms with van der Waals surface area (Å²) in [6.07, 6.45) is 0.768. The first-order chi connectivity index (χ1) is 8.58. The molecule has 0 N–H and O–H groups in total. The maximum atomic E-state index is 11.3. The average molecular weight is 356 g/mol. The van der Waals surface area contributed by atoms with Gasteiger partial charge in [0.25, 0.3) is 0 Å². The highest BCUT2D eigenvalue weighted by molar-refractivity contribution is 14.1. The predicted molar refractivity (Wildman–Crippen MR) is 76.4 cm³/mol. The molecule has 1 aliphatic heterocycles. The minimum absolute atomic E-state index is 0.149. The SMILES string of the molecule is C[C@]12CC(c3ccccc3)=C(I)C[C@H]1OC(=O)O2. The Balaban J connectivity index is 1.98. The molecule has 18 heavy (non-hydrogen) atoms. The van der Waals surface area contributed by atoms with Gasteiger partial charge in [-0.05, 0) is 44.2 Å². The Labute approximate surface area is 119 Å². The standard InChI is InChI=1S/C14H13IO3/c1-14-8-10(9-5-3-2-4-6-9)11(15)7-12(14)17-13(16)18-14/h2-6,12H,7-8H2,1H3/t12-,14+/m1/s1. The molecule has 0 bridgehead atoms. The molecule has 1 aromatic carbocycles. The second-order valence-electron chi connectivity index (χ2n) is 4.90. The quantitative estimate of drug-likeness (QED) is 0.565. The van der Waals surface area contributed by atoms with Crippen molar-refractivity contribution in [2.24, 2.45) is 0 Å². The lowest BCUT2D eigenvalue weighted by Gasteiger charge is -2.33. The molecule has 1 aliphatic carbocycles. The van der Waals surface area contributed by atoms with Crippen LogP contribution in [0, 0.1) is 0 Å². The molecule has 94 valence electrons. The van der Waals surface area contributed by atoms with E-state index < -0.39 is 11.8 Å². The summed E-state index contributed by atoms with van der Waals surface area (Å²) in [6.45, 7) is 1.95. The fourth-order valence-corrected chi connectivity index (χ4v) is 3.46. The summed E-state index contributed by atoms with van der Waals surface area (Å²) in [5, 5.41) is 0. The summed E-state index contributed by atoms with van der Waals surface area (Å²) in [5.41, 5.74) is 1.94. The Morgan fingerprint density at radius 2 is 2.06 bits per heavy atom. The first-order valence-corrected chi connectivity index (χ1v) is 6.99. The van der Waals surface area contributed by atoms with Crippen molar-refractivity contribution in [3.8, 4) is 0 Å². The highest BCUT2D eigenvalue weighted by atomic mass is 127. The van der Waals surface area contributed by atoms with E-state index in [0.717, 1.165) is 6.42 Å². The van der Waals surface area contributed by atoms with E-state index >= 15 is 0 Å². The van der Waals surface area contributed by atoms with Crippen LogP contribution in [0.3, 0.4) is 0 Å². The zero-order valence-electron chi connectivity index (χ0n) is 9.98. The lowest BCUT2D eigenvalue weighted by molar-refractivity contribution is 0.0481. The fourth-order valence-electron chi connectivity index (χ4n) is 2.56. The van der Waals surface area contributed by atoms with Gasteiger partial charge in [0.05, 0.1) is 0 Å². The van der Waals surface area contributed by atoms with Gasteiger partial charge in [-0.15, -0.1) is 0 Å². The van der Waals surface area contributed by atoms with Crippen LogP contribution in [-0.4, -0.2) is 17.9 Å². The van der Waals surface area contributed by atoms with Crippen LogP contribution in [0.2, 0.25) is 0 Å². The molecule has 0 radical (unpaired) electrons. The Morgan fingerprint density at radius 3 is 2.78 bits per heavy atom. The largest absolute Gasteiger partial charge is 0.509 e. The van der Waals surface area contributed by atoms with Crippen molar-refractivity contribution in [2.75, 3.05) is 0 Å². The topological polar surface area (TPSA) is 35.5 Å². The van der Waals surface area contributed by atoms with Gasteiger partial charge in [-0.3, -0.25) is 0 Å². The Kier molecular flexibility index (Phi) is 2.84. The highest BCUT2D eigenvalue weighted by Crippen LogP contribution is 2.46. The smallest absolute Gasteiger partial charge is 0.426 e. The molecule has 0 unspecified atom stereocenters. The minimum Gasteiger partial charge on any atom is -0.426 e. The summed E-state index contributed by atoms with van der Waals surface area (Å²) in [5.74, 6) is 0. The first-order valence-electron chi connectivity index (χ1n) is 5.91. The van der Waals surface area contributed by atoms with E-state index in [1.54, 1.807) is 0 Å². The predicted octanol–water partition coefficient (Wildman–Crippen LogP) is 3.92. The second-order valence-corrected chi connectivity index (χ2v) is 6.20. The number of rotatable bonds is 1. The third-order valence-corrected chi connectivity index (χ3v) is 4.67. The van der Waals surface area contributed by atoms with E-state index in [-0.39, 0.29) is 6.10 Å². The molecule has 1 heterocycles. The summed E-state index contributed by atoms with van der Waals surface area (Å²) < 4.78 is 11.8. The van der Waals surface area contributed by atoms with E-state index in [1.807, 2.05) is 25.1 Å². The summed E-state index contributed by atoms with van der Waals surface area (Å²) >= 11 is 2.35. The summed E-state index contributed by atoms with van der Waals surface area (Å²) in [7, 11) is 0. The lowest BCUT2D eigenvalue weighted by atomic mass is 9.81. The molecule has 2 aliphatic rings. The van der Waals surface area contributed by atoms with Gasteiger partial charge in [-0.2, -0.15) is 0 Å². The number of halogens is 1. The van der Waals surface area contributed by atoms with E-state index in [4.69, 9.17) is 9.47 Å². The van der Waals surface area contributed by atoms with Crippen molar-refractivity contribution in [1.82, 2.24) is 0 Å². The van der Waals surface area contributed by atoms with Gasteiger partial charge in [0, 0.05) is 12.8 Å². The molecule has 0 amide bonds. The number of carbonyl (C=O) groups excluding carboxylic acids is 1. The van der Waals surface area contributed by atoms with Crippen LogP contribution in [0.15, 0.2) is 33.9 Å². The normalized spacial score (nSPS) is 30.8. The zero-order valence-corrected chi connectivity index (χ0v) is 12.1. The Bertz CT molecular complexity index is 523. The van der Waals surface area contributed by atoms with Crippen LogP contribution >= 0.6 is 22.6 Å². The second kappa shape index (κ2) is 4.26. The third-order valence-electron chi connectivity index (χ3n) is 3.58. The Morgan fingerprint density at radius 1 is 1.33 bits per heavy atom. The summed E-state index contributed by atoms with van der Waals surface area (Å²) in [4.78, 5) is 11.3. The maximum absolute atomic E-state index is 11.3. The number of benzene rings is 1. The lowest BCUT2D eigenvalue weighted by Crippen LogP contribution is -2.39. The maximum Gasteiger partial charge on any atom is 0.509 e. The van der Waals surface area contributed by atoms with Gasteiger partial charge in [0.15, 0.2) is 5.60 Å². The van der Waals surface area contributed by atoms with E-state index in [2.05, 4.69) is 34.7 Å². The van der Waals surface area contributed by atoms with Crippen molar-refractivity contribution >= 4 is 34.3 Å². The Hall–Kier alpha value is -1.04. The van der Waals surface area contributed by atoms with Crippen molar-refractivity contribution in [3.05, 3.63) is 39.5 Å². The van der Waals surface area contributed by atoms with Crippen LogP contribution in [-0.2, 0) is 9.47 Å². The van der Waals surface area contributed by atoms with Crippen molar-refractivity contribution in [2.45, 2.75) is 31.5 Å². The zero-order chi connectivity index (χ0) is 12.8. The molecule has 0 spiro atoms. The molecule has 1 saturated heterocycles. The molecule has 0 aromatic heterocycles. The summed E-state index contributed by atoms with van der Waals surface area (Å²) in [6, 6.07) is 10.2. The van der Waals surface area contributed by atoms with Gasteiger partial charge in [0.1, 0.15) is 6.10 Å². The molecular weight excluding hydrogens is 343 g/mol. The van der Waals surface area contributed by atoms with E-state index in [9.17, 15) is 4.79 Å². The molecule has 1 aromatic rings. The number of carbonyl (C=O) groups is 1. The van der Waals surface area contributed by atoms with Crippen LogP contribution in [0.25, 0.3) is 5.57 Å². The molecule has 2 atom stereocenters. The first kappa shape index (κ1) is 12.0. The molecular formula is C14H13IO3. The van der Waals surface area contributed by atoms with E-state index in [0.29, 0.717) is 6.42 Å². The van der Waals surface area contributed by atoms with Crippen molar-refractivity contribution in [1.29, 1.82) is 0 Å². The molecule has 3 rings (SSSR count). The van der Waals surface area contributed by atoms with Crippen molar-refractivity contribution in [3.63, 3.8) is 0 Å². The van der Waals surface area contributed by atoms with Gasteiger partial charge in [-0.25, -0.2) is 4.79 Å².